The van der Waals surface area contributed by atoms with Gasteiger partial charge in [-0.2, -0.15) is 0 Å². The van der Waals surface area contributed by atoms with E-state index in [4.69, 9.17) is 18.9 Å². The second-order valence-corrected chi connectivity index (χ2v) is 20.0. The second kappa shape index (κ2) is 13.5. The highest BCUT2D eigenvalue weighted by Crippen LogP contribution is 2.76. The summed E-state index contributed by atoms with van der Waals surface area (Å²) in [6, 6.07) is 0. The number of aliphatic hydroxyl groups is 6. The molecule has 2 aliphatic heterocycles. The van der Waals surface area contributed by atoms with Crippen LogP contribution in [-0.4, -0.2) is 116 Å². The number of hydrogen-bond acceptors (Lipinski definition) is 11. The molecule has 0 aromatic carbocycles. The Balaban J connectivity index is 1.15. The van der Waals surface area contributed by atoms with E-state index < -0.39 is 78.2 Å². The second-order valence-electron chi connectivity index (χ2n) is 20.0. The topological polar surface area (TPSA) is 196 Å². The van der Waals surface area contributed by atoms with Crippen molar-refractivity contribution in [1.82, 2.24) is 0 Å². The zero-order valence-corrected chi connectivity index (χ0v) is 32.7. The maximum atomic E-state index is 13.0. The van der Waals surface area contributed by atoms with E-state index in [2.05, 4.69) is 47.6 Å². The molecule has 53 heavy (non-hydrogen) atoms. The fourth-order valence-electron chi connectivity index (χ4n) is 13.3. The lowest BCUT2D eigenvalue weighted by Crippen LogP contribution is -2.67. The molecule has 0 aromatic heterocycles. The molecular formula is C41H66O12. The van der Waals surface area contributed by atoms with Gasteiger partial charge in [0.05, 0.1) is 30.8 Å². The third-order valence-corrected chi connectivity index (χ3v) is 17.0. The molecule has 12 nitrogen and oxygen atoms in total. The Labute approximate surface area is 314 Å². The maximum absolute atomic E-state index is 13.0. The summed E-state index contributed by atoms with van der Waals surface area (Å²) in [5.74, 6) is -0.194. The molecule has 2 saturated heterocycles. The van der Waals surface area contributed by atoms with Crippen molar-refractivity contribution in [3.05, 3.63) is 11.6 Å². The van der Waals surface area contributed by atoms with Crippen molar-refractivity contribution in [2.45, 2.75) is 174 Å². The number of fused-ring (bicyclic) bond motifs is 7. The molecule has 18 atom stereocenters. The van der Waals surface area contributed by atoms with Crippen LogP contribution in [0.4, 0.5) is 0 Å². The van der Waals surface area contributed by atoms with Gasteiger partial charge in [0.1, 0.15) is 36.6 Å². The van der Waals surface area contributed by atoms with E-state index in [0.29, 0.717) is 18.8 Å². The van der Waals surface area contributed by atoms with Crippen molar-refractivity contribution in [3.8, 4) is 0 Å². The SMILES string of the molecule is C[C@@H]1O[C@@H](O[C@H]2[C@H](O[C@H]3CC[C@@]4(C)[C@@H](CC[C@]5(C)[C@@H]4CC=C4C6CC(C)(C)CC[C@]6(C(=O)O)CC[C@]45C)[C@]3(C)CO)OC[C@H](O)[C@@H]2O)[C@H](O)[C@H](O)[C@H]1O. The van der Waals surface area contributed by atoms with Gasteiger partial charge in [0, 0.05) is 5.41 Å². The lowest BCUT2D eigenvalue weighted by Gasteiger charge is -2.71. The standard InChI is InChI=1S/C41H66O12/c1-21-28(44)30(46)31(47)33(51-21)53-32-29(45)24(43)19-50-34(32)52-27-11-12-37(4)25(38(27,5)20-42)10-13-40(7)26(37)9-8-22-23-18-36(2,3)14-16-41(23,35(48)49)17-15-39(22,40)6/h8,21,23-34,42-47H,9-20H2,1-7H3,(H,48,49)/t21-,23?,24-,25+,26+,27-,28-,29-,30+,31+,32+,33-,34-,37-,38-,39+,40+,41-/m0/s1. The van der Waals surface area contributed by atoms with Crippen molar-refractivity contribution in [1.29, 1.82) is 0 Å². The highest BCUT2D eigenvalue weighted by atomic mass is 16.8. The number of rotatable bonds is 6. The highest BCUT2D eigenvalue weighted by molar-refractivity contribution is 5.76. The minimum absolute atomic E-state index is 0.0360. The number of hydrogen-bond donors (Lipinski definition) is 7. The van der Waals surface area contributed by atoms with Gasteiger partial charge in [-0.25, -0.2) is 0 Å². The fraction of sp³-hybridized carbons (Fsp3) is 0.927. The van der Waals surface area contributed by atoms with Gasteiger partial charge in [-0.3, -0.25) is 4.79 Å². The number of aliphatic carboxylic acids is 1. The molecule has 5 aliphatic carbocycles. The van der Waals surface area contributed by atoms with Crippen LogP contribution in [0.3, 0.4) is 0 Å². The Morgan fingerprint density at radius 2 is 1.53 bits per heavy atom. The van der Waals surface area contributed by atoms with Crippen molar-refractivity contribution < 1.29 is 59.5 Å². The zero-order chi connectivity index (χ0) is 38.7. The summed E-state index contributed by atoms with van der Waals surface area (Å²) in [6.45, 7) is 15.1. The van der Waals surface area contributed by atoms with Gasteiger partial charge in [-0.05, 0) is 111 Å². The number of carbonyl (C=O) groups is 1. The summed E-state index contributed by atoms with van der Waals surface area (Å²) in [7, 11) is 0. The molecule has 4 saturated carbocycles. The van der Waals surface area contributed by atoms with E-state index in [9.17, 15) is 40.5 Å². The predicted octanol–water partition coefficient (Wildman–Crippen LogP) is 3.52. The molecule has 12 heteroatoms. The lowest BCUT2D eigenvalue weighted by molar-refractivity contribution is -0.365. The van der Waals surface area contributed by atoms with Gasteiger partial charge in [0.2, 0.25) is 0 Å². The quantitative estimate of drug-likeness (QED) is 0.155. The van der Waals surface area contributed by atoms with E-state index >= 15 is 0 Å². The predicted molar refractivity (Wildman–Crippen MR) is 192 cm³/mol. The smallest absolute Gasteiger partial charge is 0.310 e. The molecular weight excluding hydrogens is 684 g/mol. The summed E-state index contributed by atoms with van der Waals surface area (Å²) in [4.78, 5) is 13.0. The van der Waals surface area contributed by atoms with Crippen LogP contribution in [0, 0.1) is 50.2 Å². The Morgan fingerprint density at radius 1 is 0.830 bits per heavy atom. The first-order valence-electron chi connectivity index (χ1n) is 20.2. The Bertz CT molecular complexity index is 1440. The van der Waals surface area contributed by atoms with E-state index in [-0.39, 0.29) is 46.7 Å². The minimum atomic E-state index is -1.62. The number of carboxylic acid groups (broad SMARTS) is 1. The van der Waals surface area contributed by atoms with Gasteiger partial charge >= 0.3 is 5.97 Å². The van der Waals surface area contributed by atoms with Gasteiger partial charge in [0.25, 0.3) is 0 Å². The lowest BCUT2D eigenvalue weighted by atomic mass is 9.33. The van der Waals surface area contributed by atoms with Crippen LogP contribution >= 0.6 is 0 Å². The van der Waals surface area contributed by atoms with Crippen LogP contribution in [0.2, 0.25) is 0 Å². The maximum Gasteiger partial charge on any atom is 0.310 e. The number of carboxylic acids is 1. The molecule has 7 N–H and O–H groups in total. The average molecular weight is 751 g/mol. The number of aliphatic hydroxyl groups excluding tert-OH is 6. The van der Waals surface area contributed by atoms with Crippen molar-refractivity contribution in [3.63, 3.8) is 0 Å². The van der Waals surface area contributed by atoms with Crippen LogP contribution in [0.5, 0.6) is 0 Å². The summed E-state index contributed by atoms with van der Waals surface area (Å²) >= 11 is 0. The van der Waals surface area contributed by atoms with Crippen LogP contribution < -0.4 is 0 Å². The highest BCUT2D eigenvalue weighted by Gasteiger charge is 2.70. The number of allylic oxidation sites excluding steroid dienone is 2. The monoisotopic (exact) mass is 750 g/mol. The van der Waals surface area contributed by atoms with Crippen LogP contribution in [-0.2, 0) is 23.7 Å². The molecule has 0 amide bonds. The summed E-state index contributed by atoms with van der Waals surface area (Å²) in [6.07, 6.45) is -1.79. The van der Waals surface area contributed by atoms with Gasteiger partial charge in [-0.1, -0.05) is 53.2 Å². The van der Waals surface area contributed by atoms with Crippen molar-refractivity contribution in [2.24, 2.45) is 50.2 Å². The number of ether oxygens (including phenoxy) is 4. The molecule has 0 aromatic rings. The van der Waals surface area contributed by atoms with Crippen LogP contribution in [0.1, 0.15) is 113 Å². The van der Waals surface area contributed by atoms with Gasteiger partial charge < -0.3 is 54.7 Å². The van der Waals surface area contributed by atoms with Crippen molar-refractivity contribution >= 4 is 5.97 Å². The Morgan fingerprint density at radius 3 is 2.21 bits per heavy atom. The van der Waals surface area contributed by atoms with Crippen molar-refractivity contribution in [2.75, 3.05) is 13.2 Å². The first-order chi connectivity index (χ1) is 24.7. The molecule has 2 heterocycles. The Hall–Kier alpha value is -1.19. The van der Waals surface area contributed by atoms with Crippen LogP contribution in [0.15, 0.2) is 11.6 Å². The van der Waals surface area contributed by atoms with Gasteiger partial charge in [-0.15, -0.1) is 0 Å². The third-order valence-electron chi connectivity index (χ3n) is 17.0. The first-order valence-corrected chi connectivity index (χ1v) is 20.2. The van der Waals surface area contributed by atoms with E-state index in [1.165, 1.54) is 12.5 Å². The molecule has 7 rings (SSSR count). The summed E-state index contributed by atoms with van der Waals surface area (Å²) < 4.78 is 24.3. The summed E-state index contributed by atoms with van der Waals surface area (Å²) in [5, 5.41) is 74.9. The van der Waals surface area contributed by atoms with E-state index in [1.807, 2.05) is 0 Å². The zero-order valence-electron chi connectivity index (χ0n) is 32.7. The first kappa shape index (κ1) is 40.0. The molecule has 302 valence electrons. The van der Waals surface area contributed by atoms with Gasteiger partial charge in [0.15, 0.2) is 12.6 Å². The molecule has 6 fully saturated rings. The van der Waals surface area contributed by atoms with E-state index in [0.717, 1.165) is 51.4 Å². The molecule has 7 aliphatic rings. The molecule has 0 spiro atoms. The molecule has 1 unspecified atom stereocenters. The van der Waals surface area contributed by atoms with Crippen LogP contribution in [0.25, 0.3) is 0 Å². The minimum Gasteiger partial charge on any atom is -0.481 e. The summed E-state index contributed by atoms with van der Waals surface area (Å²) in [5.41, 5.74) is -0.239. The van der Waals surface area contributed by atoms with E-state index in [1.54, 1.807) is 0 Å². The normalized spacial score (nSPS) is 55.1. The largest absolute Gasteiger partial charge is 0.481 e. The average Bonchev–Trinajstić information content (AvgIpc) is 3.10. The Kier molecular flexibility index (Phi) is 10.2. The molecule has 0 bridgehead atoms. The molecule has 0 radical (unpaired) electrons. The third kappa shape index (κ3) is 5.85. The fourth-order valence-corrected chi connectivity index (χ4v) is 13.3.